The topological polar surface area (TPSA) is 498 Å². The quantitative estimate of drug-likeness (QED) is 0.0147. The molecule has 3 aromatic rings. The van der Waals surface area contributed by atoms with Crippen molar-refractivity contribution in [2.45, 2.75) is 64.0 Å². The molecule has 3 rings (SSSR count). The molecule has 37 nitrogen and oxygen atoms in total. The second-order valence-corrected chi connectivity index (χ2v) is 24.7. The summed E-state index contributed by atoms with van der Waals surface area (Å²) in [4.78, 5) is 189. The minimum Gasteiger partial charge on any atom is -0.508 e. The Morgan fingerprint density at radius 1 is 0.481 bits per heavy atom. The Labute approximate surface area is 615 Å². The molecule has 0 unspecified atom stereocenters. The summed E-state index contributed by atoms with van der Waals surface area (Å²) in [5, 5.41) is 61.9. The van der Waals surface area contributed by atoms with Gasteiger partial charge in [0.15, 0.2) is 5.96 Å². The lowest BCUT2D eigenvalue weighted by Crippen LogP contribution is -2.48. The number of carboxylic acids is 3. The monoisotopic (exact) mass is 1490 g/mol. The molecule has 2 atom stereocenters. The van der Waals surface area contributed by atoms with Gasteiger partial charge in [-0.05, 0) is 66.6 Å². The number of carbonyl (C=O) groups excluding carboxylic acids is 11. The summed E-state index contributed by atoms with van der Waals surface area (Å²) in [6, 6.07) is 20.5. The van der Waals surface area contributed by atoms with Crippen molar-refractivity contribution in [2.24, 2.45) is 10.7 Å². The highest BCUT2D eigenvalue weighted by Gasteiger charge is 2.30. The summed E-state index contributed by atoms with van der Waals surface area (Å²) < 4.78 is 6.09. The van der Waals surface area contributed by atoms with E-state index < -0.39 is 115 Å². The van der Waals surface area contributed by atoms with E-state index in [1.54, 1.807) is 72.5 Å². The van der Waals surface area contributed by atoms with E-state index >= 15 is 0 Å². The first-order chi connectivity index (χ1) is 50.4. The van der Waals surface area contributed by atoms with Crippen LogP contribution in [0.4, 0.5) is 4.79 Å². The first-order valence-electron chi connectivity index (χ1n) is 34.5. The smallest absolute Gasteiger partial charge is 0.344 e. The van der Waals surface area contributed by atoms with Crippen LogP contribution in [0.3, 0.4) is 0 Å². The number of nitrogens with zero attached hydrogens (tertiary/aromatic N) is 8. The molecule has 0 aliphatic rings. The number of hydrogen-bond donors (Lipinski definition) is 14. The fourth-order valence-electron chi connectivity index (χ4n) is 9.87. The van der Waals surface area contributed by atoms with Crippen LogP contribution in [0.15, 0.2) is 83.9 Å². The van der Waals surface area contributed by atoms with E-state index in [1.807, 2.05) is 6.07 Å². The van der Waals surface area contributed by atoms with E-state index in [0.29, 0.717) is 48.1 Å². The Kier molecular flexibility index (Phi) is 41.7. The lowest BCUT2D eigenvalue weighted by Gasteiger charge is -2.26. The third kappa shape index (κ3) is 37.9. The van der Waals surface area contributed by atoms with Crippen LogP contribution in [0.25, 0.3) is 0 Å². The maximum atomic E-state index is 14.5. The summed E-state index contributed by atoms with van der Waals surface area (Å²) in [5.74, 6) is -8.81. The van der Waals surface area contributed by atoms with Crippen molar-refractivity contribution in [3.8, 4) is 11.5 Å². The van der Waals surface area contributed by atoms with Crippen LogP contribution in [0.1, 0.15) is 68.1 Å². The van der Waals surface area contributed by atoms with Gasteiger partial charge >= 0.3 is 23.9 Å². The van der Waals surface area contributed by atoms with Crippen molar-refractivity contribution in [1.82, 2.24) is 82.2 Å². The molecule has 12 amide bonds. The van der Waals surface area contributed by atoms with Gasteiger partial charge < -0.3 is 103 Å². The molecule has 37 heteroatoms. The van der Waals surface area contributed by atoms with E-state index in [1.165, 1.54) is 52.3 Å². The molecule has 0 fully saturated rings. The van der Waals surface area contributed by atoms with Crippen LogP contribution in [0.2, 0.25) is 0 Å². The molecular formula is C69H104N18O19. The number of aliphatic imine (C=N–C) groups is 1. The Morgan fingerprint density at radius 3 is 1.57 bits per heavy atom. The molecule has 0 aromatic heterocycles. The van der Waals surface area contributed by atoms with E-state index in [2.05, 4.69) is 52.8 Å². The Balaban J connectivity index is 1.41. The van der Waals surface area contributed by atoms with Crippen molar-refractivity contribution in [3.05, 3.63) is 95.6 Å². The number of carboxylic acid groups (broad SMARTS) is 3. The summed E-state index contributed by atoms with van der Waals surface area (Å²) in [7, 11) is 6.79. The molecule has 0 bridgehead atoms. The highest BCUT2D eigenvalue weighted by atomic mass is 16.5. The van der Waals surface area contributed by atoms with Crippen LogP contribution in [0.5, 0.6) is 11.5 Å². The number of urea groups is 1. The van der Waals surface area contributed by atoms with Gasteiger partial charge in [0.25, 0.3) is 0 Å². The molecule has 15 N–H and O–H groups in total. The number of rotatable bonds is 51. The molecule has 0 heterocycles. The van der Waals surface area contributed by atoms with Gasteiger partial charge in [-0.3, -0.25) is 72.1 Å². The summed E-state index contributed by atoms with van der Waals surface area (Å²) in [6.45, 7) is 0.593. The number of benzene rings is 3. The minimum absolute atomic E-state index is 0.0569. The zero-order valence-electron chi connectivity index (χ0n) is 61.0. The molecule has 0 radical (unpaired) electrons. The number of nitrogens with two attached hydrogens (primary N) is 1. The predicted molar refractivity (Wildman–Crippen MR) is 387 cm³/mol. The average molecular weight is 1490 g/mol. The zero-order chi connectivity index (χ0) is 78.5. The van der Waals surface area contributed by atoms with E-state index in [0.717, 1.165) is 24.5 Å². The zero-order valence-corrected chi connectivity index (χ0v) is 61.0. The molecule has 3 aromatic carbocycles. The molecule has 106 heavy (non-hydrogen) atoms. The van der Waals surface area contributed by atoms with Gasteiger partial charge in [0.2, 0.25) is 59.1 Å². The molecule has 0 saturated carbocycles. The number of phenolic OH excluding ortho intramolecular Hbond substituents is 1. The van der Waals surface area contributed by atoms with E-state index in [4.69, 9.17) is 15.6 Å². The molecule has 0 saturated heterocycles. The largest absolute Gasteiger partial charge is 0.508 e. The molecular weight excluding hydrogens is 1380 g/mol. The van der Waals surface area contributed by atoms with Crippen molar-refractivity contribution in [2.75, 3.05) is 173 Å². The standard InChI is InChI=1S/C69H104N18O19/c1-7-54(89)75-28-29-77-69(105)80-68(70)76-26-14-19-53(66(103)78-38-48-20-22-51(88)23-21-48)79-67(104)65(49-15-9-8-10-16-49)50-17-13-18-52(37-50)106-36-12-11-25-73-56(91)41-81(2)58(93)43-83(4)60(95)45-85(6)61(96)44-84(5)59(94)42-82(3)57(92)24-27-74-55(90)39-71-30-32-86(46-63(99)100)34-35-87(47-64(101)102)33-31-72-40-62(97)98/h8-10,13,15-18,20-23,37,53,65,71-72,88H,7,11-12,14,19,24-36,38-47H2,1-6H3,(H,73,91)(H,74,90)(H,75,89)(H,78,103)(H,79,104)(H,97,98)(H,99,100)(H,101,102)(H4,70,76,77,80,105)/t53-,65-/m1/s1. The fourth-order valence-corrected chi connectivity index (χ4v) is 9.87. The maximum absolute atomic E-state index is 14.5. The third-order valence-electron chi connectivity index (χ3n) is 15.9. The van der Waals surface area contributed by atoms with E-state index in [9.17, 15) is 82.4 Å². The lowest BCUT2D eigenvalue weighted by molar-refractivity contribution is -0.145. The molecule has 584 valence electrons. The second kappa shape index (κ2) is 49.6. The second-order valence-electron chi connectivity index (χ2n) is 24.7. The van der Waals surface area contributed by atoms with Crippen molar-refractivity contribution < 1.29 is 92.3 Å². The van der Waals surface area contributed by atoms with Gasteiger partial charge in [0, 0.05) is 127 Å². The van der Waals surface area contributed by atoms with Gasteiger partial charge in [-0.1, -0.05) is 61.5 Å². The number of unbranched alkanes of at least 4 members (excludes halogenated alkanes) is 1. The summed E-state index contributed by atoms with van der Waals surface area (Å²) in [5.41, 5.74) is 7.85. The summed E-state index contributed by atoms with van der Waals surface area (Å²) in [6.07, 6.45) is 1.56. The number of likely N-dealkylation sites (N-methyl/N-ethyl adjacent to an activating group) is 5. The number of carbonyl (C=O) groups is 14. The van der Waals surface area contributed by atoms with Gasteiger partial charge in [-0.2, -0.15) is 4.99 Å². The number of ether oxygens (including phenoxy) is 1. The first kappa shape index (κ1) is 89.2. The number of hydrogen-bond acceptors (Lipinski definition) is 20. The SMILES string of the molecule is CCC(=O)NCCNC(=O)/N=C(/N)NCCC[C@@H](NC(=O)[C@H](c1ccccc1)c1cccc(OCCCCNC(=O)CN(C)C(=O)CN(C)C(=O)CN(C)C(=O)CN(C)C(=O)CN(C)C(=O)CCNC(=O)CNCCN(CCN(CCNCC(=O)O)CC(=O)O)CC(=O)O)c1)C(=O)NCc1ccc(O)cc1. The van der Waals surface area contributed by atoms with Crippen molar-refractivity contribution >= 4 is 89.0 Å². The predicted octanol–water partition coefficient (Wildman–Crippen LogP) is -3.64. The van der Waals surface area contributed by atoms with Crippen LogP contribution in [-0.2, 0) is 68.9 Å². The van der Waals surface area contributed by atoms with Crippen LogP contribution in [0, 0.1) is 0 Å². The Morgan fingerprint density at radius 2 is 1.00 bits per heavy atom. The molecule has 0 aliphatic heterocycles. The van der Waals surface area contributed by atoms with Crippen LogP contribution in [-0.4, -0.2) is 322 Å². The number of aliphatic carboxylic acids is 3. The van der Waals surface area contributed by atoms with Crippen LogP contribution >= 0.6 is 0 Å². The van der Waals surface area contributed by atoms with Gasteiger partial charge in [0.1, 0.15) is 17.5 Å². The van der Waals surface area contributed by atoms with Crippen LogP contribution < -0.4 is 58.3 Å². The van der Waals surface area contributed by atoms with E-state index in [-0.39, 0.29) is 148 Å². The van der Waals surface area contributed by atoms with Crippen molar-refractivity contribution in [1.29, 1.82) is 0 Å². The van der Waals surface area contributed by atoms with Crippen molar-refractivity contribution in [3.63, 3.8) is 0 Å². The molecule has 0 aliphatic carbocycles. The number of amides is 12. The first-order valence-corrected chi connectivity index (χ1v) is 34.5. The van der Waals surface area contributed by atoms with Gasteiger partial charge in [0.05, 0.1) is 71.4 Å². The maximum Gasteiger partial charge on any atom is 0.344 e. The highest BCUT2D eigenvalue weighted by Crippen LogP contribution is 2.28. The number of nitrogens with one attached hydrogen (secondary N) is 9. The fraction of sp³-hybridized carbons (Fsp3) is 0.522. The Bertz CT molecular complexity index is 3410. The molecule has 0 spiro atoms. The number of guanidine groups is 1. The minimum atomic E-state index is -1.12. The number of aromatic hydroxyl groups is 1. The normalized spacial score (nSPS) is 11.6. The van der Waals surface area contributed by atoms with Gasteiger partial charge in [-0.25, -0.2) is 4.79 Å². The highest BCUT2D eigenvalue weighted by molar-refractivity contribution is 5.94. The number of phenols is 1. The Hall–Kier alpha value is -11.1. The third-order valence-corrected chi connectivity index (χ3v) is 15.9. The summed E-state index contributed by atoms with van der Waals surface area (Å²) >= 11 is 0. The lowest BCUT2D eigenvalue weighted by atomic mass is 9.90. The van der Waals surface area contributed by atoms with Gasteiger partial charge in [-0.15, -0.1) is 0 Å². The average Bonchev–Trinajstić information content (AvgIpc) is 0.816.